The smallest absolute Gasteiger partial charge is 0.0207 e. The monoisotopic (exact) mass is 208 g/mol. The summed E-state index contributed by atoms with van der Waals surface area (Å²) in [5.41, 5.74) is 0.781. The van der Waals surface area contributed by atoms with Gasteiger partial charge >= 0.3 is 0 Å². The molecule has 0 nitrogen and oxygen atoms in total. The molecular weight excluding hydrogens is 180 g/mol. The number of rotatable bonds is 5. The molecule has 15 heavy (non-hydrogen) atoms. The maximum atomic E-state index is 2.52. The highest BCUT2D eigenvalue weighted by atomic mass is 14.7. The lowest BCUT2D eigenvalue weighted by Crippen LogP contribution is -2.23. The highest BCUT2D eigenvalue weighted by Crippen LogP contribution is 2.73. The fraction of sp³-hybridized carbons (Fsp3) is 1.00. The summed E-state index contributed by atoms with van der Waals surface area (Å²) in [4.78, 5) is 0. The van der Waals surface area contributed by atoms with Gasteiger partial charge in [0.25, 0.3) is 0 Å². The maximum Gasteiger partial charge on any atom is -0.0207 e. The van der Waals surface area contributed by atoms with E-state index in [1.165, 1.54) is 19.3 Å². The molecule has 5 unspecified atom stereocenters. The van der Waals surface area contributed by atoms with Gasteiger partial charge in [0, 0.05) is 0 Å². The van der Waals surface area contributed by atoms with Crippen LogP contribution in [-0.4, -0.2) is 0 Å². The summed E-state index contributed by atoms with van der Waals surface area (Å²) in [6.45, 7) is 12.2. The molecule has 2 aliphatic rings. The van der Waals surface area contributed by atoms with E-state index in [0.717, 1.165) is 35.0 Å². The lowest BCUT2D eigenvalue weighted by atomic mass is 9.76. The van der Waals surface area contributed by atoms with Crippen LogP contribution in [0.25, 0.3) is 0 Å². The van der Waals surface area contributed by atoms with Crippen LogP contribution in [0.5, 0.6) is 0 Å². The van der Waals surface area contributed by atoms with Gasteiger partial charge < -0.3 is 0 Å². The molecule has 0 bridgehead atoms. The van der Waals surface area contributed by atoms with Gasteiger partial charge in [0.2, 0.25) is 0 Å². The molecule has 2 saturated carbocycles. The van der Waals surface area contributed by atoms with Crippen LogP contribution in [0.15, 0.2) is 0 Å². The summed E-state index contributed by atoms with van der Waals surface area (Å²) < 4.78 is 0. The van der Waals surface area contributed by atoms with Crippen molar-refractivity contribution in [3.63, 3.8) is 0 Å². The predicted molar refractivity (Wildman–Crippen MR) is 66.7 cm³/mol. The molecule has 0 aromatic heterocycles. The van der Waals surface area contributed by atoms with Crippen molar-refractivity contribution < 1.29 is 0 Å². The molecule has 0 saturated heterocycles. The predicted octanol–water partition coefficient (Wildman–Crippen LogP) is 4.74. The van der Waals surface area contributed by atoms with Crippen LogP contribution in [0, 0.1) is 35.0 Å². The highest BCUT2D eigenvalue weighted by Gasteiger charge is 2.66. The molecule has 0 aromatic rings. The molecule has 0 heterocycles. The van der Waals surface area contributed by atoms with Crippen LogP contribution in [0.2, 0.25) is 0 Å². The number of hydrogen-bond donors (Lipinski definition) is 0. The van der Waals surface area contributed by atoms with Crippen LogP contribution >= 0.6 is 0 Å². The molecule has 0 aromatic carbocycles. The number of hydrogen-bond acceptors (Lipinski definition) is 0. The van der Waals surface area contributed by atoms with E-state index in [2.05, 4.69) is 34.6 Å². The van der Waals surface area contributed by atoms with Gasteiger partial charge in [0.15, 0.2) is 0 Å². The molecule has 2 rings (SSSR count). The zero-order chi connectivity index (χ0) is 11.2. The third-order valence-corrected chi connectivity index (χ3v) is 5.48. The Labute approximate surface area is 95.8 Å². The Morgan fingerprint density at radius 3 is 2.27 bits per heavy atom. The first-order valence-electron chi connectivity index (χ1n) is 7.04. The van der Waals surface area contributed by atoms with Gasteiger partial charge in [0.05, 0.1) is 0 Å². The summed E-state index contributed by atoms with van der Waals surface area (Å²) >= 11 is 0. The Morgan fingerprint density at radius 2 is 1.87 bits per heavy atom. The molecule has 0 amide bonds. The first kappa shape index (κ1) is 11.5. The summed E-state index contributed by atoms with van der Waals surface area (Å²) in [6, 6.07) is 0. The van der Waals surface area contributed by atoms with Crippen LogP contribution in [0.1, 0.15) is 60.3 Å². The van der Waals surface area contributed by atoms with Crippen molar-refractivity contribution >= 4 is 0 Å². The molecule has 0 spiro atoms. The first-order chi connectivity index (χ1) is 7.04. The Bertz CT molecular complexity index is 230. The molecule has 0 aliphatic heterocycles. The molecular formula is C15H28. The fourth-order valence-corrected chi connectivity index (χ4v) is 4.13. The average molecular weight is 208 g/mol. The lowest BCUT2D eigenvalue weighted by molar-refractivity contribution is 0.190. The third kappa shape index (κ3) is 1.74. The Hall–Kier alpha value is 0. The van der Waals surface area contributed by atoms with Crippen molar-refractivity contribution in [2.24, 2.45) is 35.0 Å². The van der Waals surface area contributed by atoms with E-state index < -0.39 is 0 Å². The van der Waals surface area contributed by atoms with Crippen molar-refractivity contribution in [3.8, 4) is 0 Å². The lowest BCUT2D eigenvalue weighted by Gasteiger charge is -2.29. The second-order valence-electron chi connectivity index (χ2n) is 6.65. The quantitative estimate of drug-likeness (QED) is 0.612. The average Bonchev–Trinajstić information content (AvgIpc) is 3.03. The summed E-state index contributed by atoms with van der Waals surface area (Å²) in [6.07, 6.45) is 5.95. The standard InChI is InChI=1S/C15H28/c1-6-7-13-9-15(13,12(5)10(2)3)14-8-11(14)4/h10-14H,6-9H2,1-5H3. The molecule has 0 radical (unpaired) electrons. The zero-order valence-electron chi connectivity index (χ0n) is 11.2. The van der Waals surface area contributed by atoms with Gasteiger partial charge in [-0.3, -0.25) is 0 Å². The van der Waals surface area contributed by atoms with Gasteiger partial charge in [-0.15, -0.1) is 0 Å². The maximum absolute atomic E-state index is 2.52. The van der Waals surface area contributed by atoms with Gasteiger partial charge in [-0.05, 0) is 47.8 Å². The Kier molecular flexibility index (Phi) is 2.90. The molecule has 88 valence electrons. The van der Waals surface area contributed by atoms with Crippen molar-refractivity contribution in [1.82, 2.24) is 0 Å². The minimum atomic E-state index is 0.781. The zero-order valence-corrected chi connectivity index (χ0v) is 11.2. The Morgan fingerprint density at radius 1 is 1.27 bits per heavy atom. The Balaban J connectivity index is 2.06. The minimum absolute atomic E-state index is 0.781. The van der Waals surface area contributed by atoms with E-state index >= 15 is 0 Å². The van der Waals surface area contributed by atoms with E-state index in [-0.39, 0.29) is 0 Å². The van der Waals surface area contributed by atoms with Crippen molar-refractivity contribution in [3.05, 3.63) is 0 Å². The van der Waals surface area contributed by atoms with Gasteiger partial charge in [-0.1, -0.05) is 47.5 Å². The van der Waals surface area contributed by atoms with E-state index in [1.54, 1.807) is 6.42 Å². The van der Waals surface area contributed by atoms with Crippen LogP contribution < -0.4 is 0 Å². The topological polar surface area (TPSA) is 0 Å². The van der Waals surface area contributed by atoms with Gasteiger partial charge in [-0.25, -0.2) is 0 Å². The summed E-state index contributed by atoms with van der Waals surface area (Å²) in [5.74, 6) is 5.03. The minimum Gasteiger partial charge on any atom is -0.0654 e. The van der Waals surface area contributed by atoms with E-state index in [4.69, 9.17) is 0 Å². The third-order valence-electron chi connectivity index (χ3n) is 5.48. The molecule has 0 heteroatoms. The van der Waals surface area contributed by atoms with E-state index in [9.17, 15) is 0 Å². The molecule has 2 aliphatic carbocycles. The fourth-order valence-electron chi connectivity index (χ4n) is 4.13. The van der Waals surface area contributed by atoms with Crippen molar-refractivity contribution in [2.75, 3.05) is 0 Å². The summed E-state index contributed by atoms with van der Waals surface area (Å²) in [7, 11) is 0. The second kappa shape index (κ2) is 3.79. The van der Waals surface area contributed by atoms with Crippen molar-refractivity contribution in [1.29, 1.82) is 0 Å². The van der Waals surface area contributed by atoms with Crippen LogP contribution in [0.4, 0.5) is 0 Å². The molecule has 2 fully saturated rings. The van der Waals surface area contributed by atoms with E-state index in [1.807, 2.05) is 0 Å². The SMILES string of the molecule is CCCC1CC1(C(C)C(C)C)C1CC1C. The summed E-state index contributed by atoms with van der Waals surface area (Å²) in [5, 5.41) is 0. The van der Waals surface area contributed by atoms with Gasteiger partial charge in [-0.2, -0.15) is 0 Å². The van der Waals surface area contributed by atoms with Crippen LogP contribution in [-0.2, 0) is 0 Å². The first-order valence-corrected chi connectivity index (χ1v) is 7.04. The van der Waals surface area contributed by atoms with E-state index in [0.29, 0.717) is 0 Å². The molecule has 0 N–H and O–H groups in total. The second-order valence-corrected chi connectivity index (χ2v) is 6.65. The largest absolute Gasteiger partial charge is 0.0654 e. The highest BCUT2D eigenvalue weighted by molar-refractivity contribution is 5.14. The molecule has 5 atom stereocenters. The normalized spacial score (nSPS) is 45.6. The van der Waals surface area contributed by atoms with Crippen LogP contribution in [0.3, 0.4) is 0 Å². The van der Waals surface area contributed by atoms with Crippen molar-refractivity contribution in [2.45, 2.75) is 60.3 Å². The van der Waals surface area contributed by atoms with Gasteiger partial charge in [0.1, 0.15) is 0 Å².